The molecule has 0 aromatic carbocycles. The molecular formula is C14H10Br2N4O. The Morgan fingerprint density at radius 2 is 2.05 bits per heavy atom. The summed E-state index contributed by atoms with van der Waals surface area (Å²) in [7, 11) is 0. The van der Waals surface area contributed by atoms with Crippen LogP contribution in [0.3, 0.4) is 0 Å². The third-order valence-corrected chi connectivity index (χ3v) is 3.76. The fraction of sp³-hybridized carbons (Fsp3) is 0.0714. The van der Waals surface area contributed by atoms with Crippen LogP contribution in [0.4, 0.5) is 0 Å². The van der Waals surface area contributed by atoms with Gasteiger partial charge in [0.1, 0.15) is 5.65 Å². The van der Waals surface area contributed by atoms with Gasteiger partial charge in [-0.15, -0.1) is 0 Å². The molecule has 0 bridgehead atoms. The monoisotopic (exact) mass is 408 g/mol. The van der Waals surface area contributed by atoms with E-state index in [2.05, 4.69) is 47.1 Å². The van der Waals surface area contributed by atoms with E-state index in [4.69, 9.17) is 0 Å². The zero-order valence-corrected chi connectivity index (χ0v) is 13.9. The van der Waals surface area contributed by atoms with Crippen molar-refractivity contribution >= 4 is 43.4 Å². The summed E-state index contributed by atoms with van der Waals surface area (Å²) in [5.41, 5.74) is 2.15. The van der Waals surface area contributed by atoms with Crippen LogP contribution >= 0.6 is 31.9 Å². The maximum absolute atomic E-state index is 12.0. The predicted octanol–water partition coefficient (Wildman–Crippen LogP) is 3.18. The highest BCUT2D eigenvalue weighted by atomic mass is 79.9. The molecule has 3 heterocycles. The van der Waals surface area contributed by atoms with Crippen LogP contribution in [0.15, 0.2) is 51.9 Å². The fourth-order valence-electron chi connectivity index (χ4n) is 1.91. The second kappa shape index (κ2) is 5.95. The summed E-state index contributed by atoms with van der Waals surface area (Å²) < 4.78 is 3.66. The van der Waals surface area contributed by atoms with E-state index in [0.717, 1.165) is 20.3 Å². The molecule has 7 heteroatoms. The largest absolute Gasteiger partial charge is 0.346 e. The summed E-state index contributed by atoms with van der Waals surface area (Å²) in [6.07, 6.45) is 6.98. The van der Waals surface area contributed by atoms with Gasteiger partial charge in [-0.25, -0.2) is 4.98 Å². The van der Waals surface area contributed by atoms with Crippen LogP contribution in [0.2, 0.25) is 0 Å². The minimum absolute atomic E-state index is 0.179. The number of fused-ring (bicyclic) bond motifs is 1. The number of amides is 1. The first-order valence-corrected chi connectivity index (χ1v) is 7.72. The SMILES string of the molecule is O=C(NCc1cn2cc(Br)ccc2n1)c1cncc(Br)c1. The van der Waals surface area contributed by atoms with E-state index in [0.29, 0.717) is 12.1 Å². The third kappa shape index (κ3) is 3.30. The van der Waals surface area contributed by atoms with Crippen molar-refractivity contribution in [3.05, 3.63) is 63.2 Å². The highest BCUT2D eigenvalue weighted by molar-refractivity contribution is 9.10. The number of rotatable bonds is 3. The second-order valence-electron chi connectivity index (χ2n) is 4.42. The summed E-state index contributed by atoms with van der Waals surface area (Å²) >= 11 is 6.71. The van der Waals surface area contributed by atoms with Crippen molar-refractivity contribution in [3.63, 3.8) is 0 Å². The number of halogens is 2. The molecule has 0 saturated heterocycles. The lowest BCUT2D eigenvalue weighted by molar-refractivity contribution is 0.0950. The Morgan fingerprint density at radius 3 is 2.86 bits per heavy atom. The lowest BCUT2D eigenvalue weighted by atomic mass is 10.2. The first-order chi connectivity index (χ1) is 10.1. The zero-order chi connectivity index (χ0) is 14.8. The van der Waals surface area contributed by atoms with Crippen LogP contribution < -0.4 is 5.32 Å². The van der Waals surface area contributed by atoms with E-state index in [1.54, 1.807) is 12.3 Å². The number of aromatic nitrogens is 3. The van der Waals surface area contributed by atoms with Crippen molar-refractivity contribution in [3.8, 4) is 0 Å². The first-order valence-electron chi connectivity index (χ1n) is 6.14. The molecule has 0 aliphatic rings. The molecule has 21 heavy (non-hydrogen) atoms. The number of hydrogen-bond acceptors (Lipinski definition) is 3. The quantitative estimate of drug-likeness (QED) is 0.722. The number of carbonyl (C=O) groups excluding carboxylic acids is 1. The molecule has 0 atom stereocenters. The molecule has 0 saturated carbocycles. The third-order valence-electron chi connectivity index (χ3n) is 2.86. The van der Waals surface area contributed by atoms with Gasteiger partial charge >= 0.3 is 0 Å². The topological polar surface area (TPSA) is 59.3 Å². The van der Waals surface area contributed by atoms with Crippen molar-refractivity contribution in [2.75, 3.05) is 0 Å². The first kappa shape index (κ1) is 14.2. The van der Waals surface area contributed by atoms with Gasteiger partial charge in [0.05, 0.1) is 17.8 Å². The van der Waals surface area contributed by atoms with Crippen molar-refractivity contribution in [2.45, 2.75) is 6.54 Å². The van der Waals surface area contributed by atoms with Crippen molar-refractivity contribution in [1.82, 2.24) is 19.7 Å². The Morgan fingerprint density at radius 1 is 1.19 bits per heavy atom. The highest BCUT2D eigenvalue weighted by Crippen LogP contribution is 2.13. The zero-order valence-electron chi connectivity index (χ0n) is 10.8. The number of nitrogens with zero attached hydrogens (tertiary/aromatic N) is 3. The van der Waals surface area contributed by atoms with Crippen LogP contribution in [-0.2, 0) is 6.54 Å². The van der Waals surface area contributed by atoms with E-state index >= 15 is 0 Å². The van der Waals surface area contributed by atoms with E-state index in [1.807, 2.05) is 28.9 Å². The highest BCUT2D eigenvalue weighted by Gasteiger charge is 2.08. The summed E-state index contributed by atoms with van der Waals surface area (Å²) in [5, 5.41) is 2.83. The standard InChI is InChI=1S/C14H10Br2N4O/c15-10-1-2-13-19-12(8-20(13)7-10)6-18-14(21)9-3-11(16)5-17-4-9/h1-5,7-8H,6H2,(H,18,21). The van der Waals surface area contributed by atoms with Crippen molar-refractivity contribution in [1.29, 1.82) is 0 Å². The Balaban J connectivity index is 1.72. The molecule has 0 unspecified atom stereocenters. The fourth-order valence-corrected chi connectivity index (χ4v) is 2.63. The molecular weight excluding hydrogens is 400 g/mol. The van der Waals surface area contributed by atoms with Crippen LogP contribution in [0.1, 0.15) is 16.1 Å². The minimum Gasteiger partial charge on any atom is -0.346 e. The van der Waals surface area contributed by atoms with Gasteiger partial charge in [0.25, 0.3) is 5.91 Å². The van der Waals surface area contributed by atoms with Crippen molar-refractivity contribution in [2.24, 2.45) is 0 Å². The number of hydrogen-bond donors (Lipinski definition) is 1. The van der Waals surface area contributed by atoms with Gasteiger partial charge in [0.15, 0.2) is 0 Å². The molecule has 1 N–H and O–H groups in total. The molecule has 5 nitrogen and oxygen atoms in total. The Bertz CT molecular complexity index is 816. The molecule has 0 aliphatic heterocycles. The number of pyridine rings is 2. The number of nitrogens with one attached hydrogen (secondary N) is 1. The van der Waals surface area contributed by atoms with Crippen LogP contribution in [0, 0.1) is 0 Å². The van der Waals surface area contributed by atoms with E-state index in [9.17, 15) is 4.79 Å². The maximum atomic E-state index is 12.0. The average molecular weight is 410 g/mol. The van der Waals surface area contributed by atoms with E-state index < -0.39 is 0 Å². The van der Waals surface area contributed by atoms with E-state index in [1.165, 1.54) is 6.20 Å². The summed E-state index contributed by atoms with van der Waals surface area (Å²) in [6.45, 7) is 0.366. The normalized spacial score (nSPS) is 10.8. The molecule has 0 fully saturated rings. The van der Waals surface area contributed by atoms with Gasteiger partial charge < -0.3 is 9.72 Å². The molecule has 1 amide bonds. The van der Waals surface area contributed by atoms with Crippen molar-refractivity contribution < 1.29 is 4.79 Å². The summed E-state index contributed by atoms with van der Waals surface area (Å²) in [4.78, 5) is 20.4. The minimum atomic E-state index is -0.179. The second-order valence-corrected chi connectivity index (χ2v) is 6.25. The molecule has 3 aromatic rings. The maximum Gasteiger partial charge on any atom is 0.253 e. The Labute approximate surface area is 137 Å². The van der Waals surface area contributed by atoms with Gasteiger partial charge in [-0.05, 0) is 50.1 Å². The molecule has 3 aromatic heterocycles. The van der Waals surface area contributed by atoms with Gasteiger partial charge in [0, 0.05) is 33.7 Å². The molecule has 0 radical (unpaired) electrons. The lowest BCUT2D eigenvalue weighted by Gasteiger charge is -2.02. The van der Waals surface area contributed by atoms with Crippen LogP contribution in [-0.4, -0.2) is 20.3 Å². The average Bonchev–Trinajstić information content (AvgIpc) is 2.86. The van der Waals surface area contributed by atoms with Crippen LogP contribution in [0.5, 0.6) is 0 Å². The van der Waals surface area contributed by atoms with Gasteiger partial charge in [-0.2, -0.15) is 0 Å². The van der Waals surface area contributed by atoms with Gasteiger partial charge in [-0.3, -0.25) is 9.78 Å². The summed E-state index contributed by atoms with van der Waals surface area (Å²) in [6, 6.07) is 5.56. The Hall–Kier alpha value is -1.73. The smallest absolute Gasteiger partial charge is 0.253 e. The molecule has 3 rings (SSSR count). The van der Waals surface area contributed by atoms with Gasteiger partial charge in [0.2, 0.25) is 0 Å². The summed E-state index contributed by atoms with van der Waals surface area (Å²) in [5.74, 6) is -0.179. The molecule has 0 aliphatic carbocycles. The Kier molecular flexibility index (Phi) is 4.03. The van der Waals surface area contributed by atoms with E-state index in [-0.39, 0.29) is 5.91 Å². The predicted molar refractivity (Wildman–Crippen MR) is 86.0 cm³/mol. The lowest BCUT2D eigenvalue weighted by Crippen LogP contribution is -2.23. The van der Waals surface area contributed by atoms with Gasteiger partial charge in [-0.1, -0.05) is 0 Å². The molecule has 0 spiro atoms. The number of carbonyl (C=O) groups is 1. The van der Waals surface area contributed by atoms with Crippen LogP contribution in [0.25, 0.3) is 5.65 Å². The molecule has 106 valence electrons. The number of imidazole rings is 1.